The van der Waals surface area contributed by atoms with Crippen molar-refractivity contribution in [1.29, 1.82) is 0 Å². The third-order valence-corrected chi connectivity index (χ3v) is 3.06. The van der Waals surface area contributed by atoms with Crippen LogP contribution in [0.25, 0.3) is 5.69 Å². The molecule has 6 nitrogen and oxygen atoms in total. The van der Waals surface area contributed by atoms with Gasteiger partial charge in [-0.1, -0.05) is 6.92 Å². The molecule has 7 heteroatoms. The van der Waals surface area contributed by atoms with Crippen LogP contribution in [0.5, 0.6) is 0 Å². The maximum Gasteiger partial charge on any atom is 0.244 e. The van der Waals surface area contributed by atoms with Crippen LogP contribution in [0.15, 0.2) is 30.9 Å². The molecule has 0 aliphatic rings. The standard InChI is InChI=1S/C14H18FN5O/c1-4-17-14(2,3)13(21)19-10-5-6-12(11(15)7-10)20-9-16-8-18-20/h5-9,17H,4H2,1-3H3,(H,19,21). The van der Waals surface area contributed by atoms with Gasteiger partial charge in [-0.25, -0.2) is 14.1 Å². The van der Waals surface area contributed by atoms with E-state index in [4.69, 9.17) is 0 Å². The van der Waals surface area contributed by atoms with Crippen molar-refractivity contribution in [3.05, 3.63) is 36.7 Å². The van der Waals surface area contributed by atoms with Gasteiger partial charge in [0.05, 0.1) is 5.54 Å². The van der Waals surface area contributed by atoms with Gasteiger partial charge >= 0.3 is 0 Å². The van der Waals surface area contributed by atoms with E-state index in [9.17, 15) is 9.18 Å². The minimum absolute atomic E-state index is 0.225. The van der Waals surface area contributed by atoms with Crippen LogP contribution in [0.2, 0.25) is 0 Å². The molecule has 0 saturated heterocycles. The lowest BCUT2D eigenvalue weighted by Crippen LogP contribution is -2.49. The molecule has 0 fully saturated rings. The van der Waals surface area contributed by atoms with E-state index in [1.54, 1.807) is 26.0 Å². The summed E-state index contributed by atoms with van der Waals surface area (Å²) in [5.74, 6) is -0.711. The topological polar surface area (TPSA) is 71.8 Å². The SMILES string of the molecule is CCNC(C)(C)C(=O)Nc1ccc(-n2cncn2)c(F)c1. The normalized spacial score (nSPS) is 11.4. The van der Waals surface area contributed by atoms with Gasteiger partial charge in [0.25, 0.3) is 0 Å². The van der Waals surface area contributed by atoms with Gasteiger partial charge in [0, 0.05) is 5.69 Å². The Balaban J connectivity index is 2.16. The van der Waals surface area contributed by atoms with Crippen LogP contribution in [-0.2, 0) is 4.79 Å². The quantitative estimate of drug-likeness (QED) is 0.880. The number of benzene rings is 1. The number of carbonyl (C=O) groups excluding carboxylic acids is 1. The van der Waals surface area contributed by atoms with Crippen LogP contribution < -0.4 is 10.6 Å². The highest BCUT2D eigenvalue weighted by atomic mass is 19.1. The van der Waals surface area contributed by atoms with E-state index in [1.807, 2.05) is 6.92 Å². The molecule has 0 bridgehead atoms. The van der Waals surface area contributed by atoms with Crippen LogP contribution in [0.3, 0.4) is 0 Å². The second-order valence-corrected chi connectivity index (χ2v) is 5.12. The van der Waals surface area contributed by atoms with E-state index in [1.165, 1.54) is 23.4 Å². The monoisotopic (exact) mass is 291 g/mol. The van der Waals surface area contributed by atoms with Crippen molar-refractivity contribution < 1.29 is 9.18 Å². The Labute approximate surface area is 122 Å². The van der Waals surface area contributed by atoms with E-state index >= 15 is 0 Å². The average Bonchev–Trinajstić information content (AvgIpc) is 2.92. The molecule has 0 radical (unpaired) electrons. The second-order valence-electron chi connectivity index (χ2n) is 5.12. The van der Waals surface area contributed by atoms with Gasteiger partial charge in [-0.2, -0.15) is 5.10 Å². The maximum absolute atomic E-state index is 14.1. The molecule has 0 atom stereocenters. The first-order valence-corrected chi connectivity index (χ1v) is 6.65. The third-order valence-electron chi connectivity index (χ3n) is 3.06. The van der Waals surface area contributed by atoms with Gasteiger partial charge in [0.2, 0.25) is 5.91 Å². The van der Waals surface area contributed by atoms with Crippen LogP contribution in [-0.4, -0.2) is 32.8 Å². The number of aromatic nitrogens is 3. The highest BCUT2D eigenvalue weighted by molar-refractivity contribution is 5.97. The first kappa shape index (κ1) is 15.1. The Morgan fingerprint density at radius 3 is 2.76 bits per heavy atom. The predicted molar refractivity (Wildman–Crippen MR) is 77.7 cm³/mol. The number of halogens is 1. The lowest BCUT2D eigenvalue weighted by Gasteiger charge is -2.24. The molecule has 112 valence electrons. The molecule has 0 unspecified atom stereocenters. The van der Waals surface area contributed by atoms with Crippen molar-refractivity contribution in [1.82, 2.24) is 20.1 Å². The van der Waals surface area contributed by atoms with Crippen LogP contribution >= 0.6 is 0 Å². The Morgan fingerprint density at radius 1 is 1.43 bits per heavy atom. The van der Waals surface area contributed by atoms with Crippen LogP contribution in [0, 0.1) is 5.82 Å². The molecule has 1 aromatic carbocycles. The van der Waals surface area contributed by atoms with E-state index in [2.05, 4.69) is 20.7 Å². The Morgan fingerprint density at radius 2 is 2.19 bits per heavy atom. The molecule has 0 spiro atoms. The minimum Gasteiger partial charge on any atom is -0.324 e. The number of likely N-dealkylation sites (N-methyl/N-ethyl adjacent to an activating group) is 1. The molecule has 1 aromatic heterocycles. The zero-order chi connectivity index (χ0) is 15.5. The summed E-state index contributed by atoms with van der Waals surface area (Å²) < 4.78 is 15.4. The molecule has 0 saturated carbocycles. The van der Waals surface area contributed by atoms with Crippen molar-refractivity contribution in [3.8, 4) is 5.69 Å². The van der Waals surface area contributed by atoms with E-state index < -0.39 is 11.4 Å². The van der Waals surface area contributed by atoms with Crippen LogP contribution in [0.4, 0.5) is 10.1 Å². The lowest BCUT2D eigenvalue weighted by atomic mass is 10.0. The molecule has 2 aromatic rings. The molecule has 1 heterocycles. The van der Waals surface area contributed by atoms with Crippen molar-refractivity contribution >= 4 is 11.6 Å². The molecule has 21 heavy (non-hydrogen) atoms. The zero-order valence-electron chi connectivity index (χ0n) is 12.2. The van der Waals surface area contributed by atoms with Gasteiger partial charge in [-0.3, -0.25) is 4.79 Å². The fraction of sp³-hybridized carbons (Fsp3) is 0.357. The summed E-state index contributed by atoms with van der Waals surface area (Å²) in [6.07, 6.45) is 2.74. The van der Waals surface area contributed by atoms with E-state index in [-0.39, 0.29) is 11.6 Å². The molecule has 1 amide bonds. The smallest absolute Gasteiger partial charge is 0.244 e. The average molecular weight is 291 g/mol. The van der Waals surface area contributed by atoms with Crippen molar-refractivity contribution in [2.75, 3.05) is 11.9 Å². The van der Waals surface area contributed by atoms with Crippen LogP contribution in [0.1, 0.15) is 20.8 Å². The summed E-state index contributed by atoms with van der Waals surface area (Å²) in [7, 11) is 0. The summed E-state index contributed by atoms with van der Waals surface area (Å²) >= 11 is 0. The Kier molecular flexibility index (Phi) is 4.32. The summed E-state index contributed by atoms with van der Waals surface area (Å²) in [5.41, 5.74) is -0.0562. The highest BCUT2D eigenvalue weighted by Gasteiger charge is 2.26. The number of amides is 1. The molecule has 2 rings (SSSR count). The molecular weight excluding hydrogens is 273 g/mol. The predicted octanol–water partition coefficient (Wildman–Crippen LogP) is 1.73. The van der Waals surface area contributed by atoms with Crippen molar-refractivity contribution in [3.63, 3.8) is 0 Å². The first-order valence-electron chi connectivity index (χ1n) is 6.65. The molecule has 0 aliphatic carbocycles. The largest absolute Gasteiger partial charge is 0.324 e. The van der Waals surface area contributed by atoms with Crippen molar-refractivity contribution in [2.24, 2.45) is 0 Å². The number of carbonyl (C=O) groups is 1. The molecule has 2 N–H and O–H groups in total. The molecular formula is C14H18FN5O. The van der Waals surface area contributed by atoms with Gasteiger partial charge in [0.1, 0.15) is 18.3 Å². The lowest BCUT2D eigenvalue weighted by molar-refractivity contribution is -0.121. The molecule has 0 aliphatic heterocycles. The van der Waals surface area contributed by atoms with Gasteiger partial charge in [0.15, 0.2) is 5.82 Å². The fourth-order valence-electron chi connectivity index (χ4n) is 1.91. The maximum atomic E-state index is 14.1. The van der Waals surface area contributed by atoms with Gasteiger partial charge in [-0.15, -0.1) is 0 Å². The Hall–Kier alpha value is -2.28. The van der Waals surface area contributed by atoms with E-state index in [0.717, 1.165) is 0 Å². The van der Waals surface area contributed by atoms with Gasteiger partial charge < -0.3 is 10.6 Å². The minimum atomic E-state index is -0.726. The summed E-state index contributed by atoms with van der Waals surface area (Å²) in [6, 6.07) is 4.43. The van der Waals surface area contributed by atoms with Gasteiger partial charge in [-0.05, 0) is 38.6 Å². The summed E-state index contributed by atoms with van der Waals surface area (Å²) in [6.45, 7) is 6.12. The fourth-order valence-corrected chi connectivity index (χ4v) is 1.91. The summed E-state index contributed by atoms with van der Waals surface area (Å²) in [5, 5.41) is 9.63. The first-order chi connectivity index (χ1) is 9.94. The number of nitrogens with zero attached hydrogens (tertiary/aromatic N) is 3. The van der Waals surface area contributed by atoms with E-state index in [0.29, 0.717) is 12.2 Å². The number of anilines is 1. The number of hydrogen-bond acceptors (Lipinski definition) is 4. The Bertz CT molecular complexity index is 624. The number of rotatable bonds is 5. The number of nitrogens with one attached hydrogen (secondary N) is 2. The third kappa shape index (κ3) is 3.43. The zero-order valence-corrected chi connectivity index (χ0v) is 12.2. The number of hydrogen-bond donors (Lipinski definition) is 2. The highest BCUT2D eigenvalue weighted by Crippen LogP contribution is 2.18. The van der Waals surface area contributed by atoms with Crippen molar-refractivity contribution in [2.45, 2.75) is 26.3 Å². The summed E-state index contributed by atoms with van der Waals surface area (Å²) in [4.78, 5) is 15.9. The second kappa shape index (κ2) is 6.01.